The summed E-state index contributed by atoms with van der Waals surface area (Å²) in [6, 6.07) is 0. The van der Waals surface area contributed by atoms with E-state index in [-0.39, 0.29) is 54.7 Å². The molecule has 2 heterocycles. The van der Waals surface area contributed by atoms with Crippen LogP contribution in [-0.2, 0) is 38.1 Å². The molecule has 0 aliphatic carbocycles. The van der Waals surface area contributed by atoms with Gasteiger partial charge in [-0.2, -0.15) is 0 Å². The maximum atomic E-state index is 13.4. The number of aliphatic hydroxyl groups excluding tert-OH is 3. The van der Waals surface area contributed by atoms with Crippen molar-refractivity contribution in [1.29, 1.82) is 0 Å². The zero-order valence-corrected chi connectivity index (χ0v) is 35.8. The number of Topliss-reactive ketones (excluding diaryl/α,β-unsaturated/α-hetero) is 1. The summed E-state index contributed by atoms with van der Waals surface area (Å²) in [5.41, 5.74) is 0.771. The number of nitrogens with zero attached hydrogens (tertiary/aromatic N) is 1. The Morgan fingerprint density at radius 1 is 1.00 bits per heavy atom. The molecular formula is C44H73NO11. The number of esters is 1. The predicted octanol–water partition coefficient (Wildman–Crippen LogP) is 5.58. The summed E-state index contributed by atoms with van der Waals surface area (Å²) in [6.45, 7) is 13.1. The highest BCUT2D eigenvalue weighted by Gasteiger charge is 2.40. The lowest BCUT2D eigenvalue weighted by molar-refractivity contribution is -0.157. The van der Waals surface area contributed by atoms with Crippen LogP contribution in [0, 0.1) is 35.5 Å². The first kappa shape index (κ1) is 49.4. The lowest BCUT2D eigenvalue weighted by Crippen LogP contribution is -2.46. The summed E-state index contributed by atoms with van der Waals surface area (Å²) >= 11 is 0. The van der Waals surface area contributed by atoms with Gasteiger partial charge in [0.25, 0.3) is 0 Å². The Labute approximate surface area is 336 Å². The molecule has 12 heteroatoms. The highest BCUT2D eigenvalue weighted by atomic mass is 16.5. The maximum absolute atomic E-state index is 13.4. The molecule has 12 nitrogen and oxygen atoms in total. The highest BCUT2D eigenvalue weighted by molar-refractivity contribution is 5.82. The Morgan fingerprint density at radius 3 is 2.29 bits per heavy atom. The van der Waals surface area contributed by atoms with Crippen LogP contribution in [0.2, 0.25) is 0 Å². The molecule has 320 valence electrons. The minimum Gasteiger partial charge on any atom is -0.458 e. The Hall–Kier alpha value is -2.71. The first-order valence-electron chi connectivity index (χ1n) is 20.4. The van der Waals surface area contributed by atoms with Gasteiger partial charge in [-0.3, -0.25) is 9.59 Å². The molecule has 0 aromatic rings. The summed E-state index contributed by atoms with van der Waals surface area (Å²) in [6.07, 6.45) is 11.2. The lowest BCUT2D eigenvalue weighted by Gasteiger charge is -2.38. The molecule has 0 aromatic carbocycles. The molecule has 0 fully saturated rings. The molecule has 0 saturated heterocycles. The van der Waals surface area contributed by atoms with Crippen molar-refractivity contribution in [2.75, 3.05) is 28.4 Å². The van der Waals surface area contributed by atoms with Crippen LogP contribution in [0.1, 0.15) is 93.4 Å². The van der Waals surface area contributed by atoms with E-state index in [4.69, 9.17) is 23.7 Å². The molecule has 15 atom stereocenters. The molecule has 0 unspecified atom stereocenters. The second-order valence-corrected chi connectivity index (χ2v) is 16.4. The van der Waals surface area contributed by atoms with E-state index in [0.717, 1.165) is 12.0 Å². The third kappa shape index (κ3) is 15.6. The fourth-order valence-corrected chi connectivity index (χ4v) is 8.01. The van der Waals surface area contributed by atoms with Gasteiger partial charge in [0.1, 0.15) is 11.9 Å². The number of amides is 1. The van der Waals surface area contributed by atoms with E-state index in [2.05, 4.69) is 6.08 Å². The number of aliphatic hydroxyl groups is 3. The molecule has 2 rings (SSSR count). The topological polar surface area (TPSA) is 161 Å². The number of fused-ring (bicyclic) bond motifs is 2. The number of cyclic esters (lactones) is 1. The Balaban J connectivity index is 2.31. The second kappa shape index (κ2) is 24.9. The normalized spacial score (nSPS) is 32.6. The van der Waals surface area contributed by atoms with E-state index in [1.54, 1.807) is 47.6 Å². The standard InChI is InChI=1S/C44H73NO11/c1-27-15-18-34(47)23-35-13-12-14-36(55-35)24-39(52-9)32(6)40(53-10)25-38(49)31(5)44(56-41(50)20-16-27)33(7)42(51)28(2)17-19-37(48)30(4)43(54-11)29(3)21-22-45(8)26-46/h12-13,15-16,20-22,26,28-36,38-40,42-44,47,49,51H,14,17-19,23-25H2,1-11H3/b20-16+,22-21+,27-15?/t28-,29+,30-,31-,32+,33-,34-,35-,36-,38+,39-,40-,42-,43+,44-/m0/s1. The van der Waals surface area contributed by atoms with Gasteiger partial charge >= 0.3 is 5.97 Å². The van der Waals surface area contributed by atoms with E-state index in [0.29, 0.717) is 32.1 Å². The Morgan fingerprint density at radius 2 is 1.66 bits per heavy atom. The Bertz CT molecular complexity index is 1320. The second-order valence-electron chi connectivity index (χ2n) is 16.4. The summed E-state index contributed by atoms with van der Waals surface area (Å²) in [4.78, 5) is 39.1. The van der Waals surface area contributed by atoms with Crippen molar-refractivity contribution in [3.63, 3.8) is 0 Å². The summed E-state index contributed by atoms with van der Waals surface area (Å²) in [5, 5.41) is 34.2. The minimum atomic E-state index is -0.967. The Kier molecular flexibility index (Phi) is 22.0. The van der Waals surface area contributed by atoms with Crippen LogP contribution in [0.3, 0.4) is 0 Å². The predicted molar refractivity (Wildman–Crippen MR) is 216 cm³/mol. The first-order valence-corrected chi connectivity index (χ1v) is 20.4. The van der Waals surface area contributed by atoms with Gasteiger partial charge in [0.15, 0.2) is 0 Å². The van der Waals surface area contributed by atoms with E-state index in [1.807, 2.05) is 59.8 Å². The molecule has 2 aliphatic heterocycles. The molecule has 0 spiro atoms. The average molecular weight is 792 g/mol. The lowest BCUT2D eigenvalue weighted by atomic mass is 9.78. The largest absolute Gasteiger partial charge is 0.458 e. The van der Waals surface area contributed by atoms with Gasteiger partial charge in [0.05, 0.1) is 48.8 Å². The van der Waals surface area contributed by atoms with Crippen LogP contribution in [0.5, 0.6) is 0 Å². The number of carbonyl (C=O) groups excluding carboxylic acids is 3. The average Bonchev–Trinajstić information content (AvgIpc) is 3.18. The van der Waals surface area contributed by atoms with E-state index in [1.165, 1.54) is 11.0 Å². The SMILES string of the molecule is CO[C@H]([C@H](C)/C=C/N(C)C=O)[C@@H](C)C(=O)CC[C@H](C)[C@H](O)[C@H](C)[C@H]1OC(=O)/C=C/C(C)=CC[C@H](O)C[C@@H]2C=CC[C@@H](C[C@H](OC)[C@@H](C)[C@@H](OC)C[C@@H](O)[C@@H]1C)O2. The van der Waals surface area contributed by atoms with Crippen LogP contribution in [-0.4, -0.2) is 122 Å². The molecule has 0 aromatic heterocycles. The van der Waals surface area contributed by atoms with Crippen molar-refractivity contribution in [2.45, 2.75) is 148 Å². The molecule has 56 heavy (non-hydrogen) atoms. The highest BCUT2D eigenvalue weighted by Crippen LogP contribution is 2.33. The van der Waals surface area contributed by atoms with Gasteiger partial charge < -0.3 is 43.9 Å². The summed E-state index contributed by atoms with van der Waals surface area (Å²) in [5.74, 6) is -2.88. The zero-order chi connectivity index (χ0) is 42.1. The van der Waals surface area contributed by atoms with Gasteiger partial charge in [-0.05, 0) is 32.1 Å². The third-order valence-corrected chi connectivity index (χ3v) is 12.0. The fourth-order valence-electron chi connectivity index (χ4n) is 8.01. The number of rotatable bonds is 15. The fraction of sp³-hybridized carbons (Fsp3) is 0.750. The monoisotopic (exact) mass is 792 g/mol. The number of allylic oxidation sites excluding steroid dienone is 2. The third-order valence-electron chi connectivity index (χ3n) is 12.0. The van der Waals surface area contributed by atoms with Crippen LogP contribution in [0.4, 0.5) is 0 Å². The molecule has 2 bridgehead atoms. The number of ether oxygens (including phenoxy) is 5. The van der Waals surface area contributed by atoms with Crippen LogP contribution < -0.4 is 0 Å². The number of ketones is 1. The van der Waals surface area contributed by atoms with Gasteiger partial charge in [-0.1, -0.05) is 77.5 Å². The number of methoxy groups -OCH3 is 3. The number of hydrogen-bond acceptors (Lipinski definition) is 11. The van der Waals surface area contributed by atoms with E-state index < -0.39 is 60.3 Å². The maximum Gasteiger partial charge on any atom is 0.331 e. The molecule has 2 aliphatic rings. The molecule has 3 N–H and O–H groups in total. The van der Waals surface area contributed by atoms with Crippen LogP contribution >= 0.6 is 0 Å². The van der Waals surface area contributed by atoms with E-state index in [9.17, 15) is 29.7 Å². The van der Waals surface area contributed by atoms with Crippen molar-refractivity contribution in [3.05, 3.63) is 48.2 Å². The van der Waals surface area contributed by atoms with Crippen molar-refractivity contribution < 1.29 is 53.4 Å². The first-order chi connectivity index (χ1) is 26.5. The minimum absolute atomic E-state index is 0.00759. The van der Waals surface area contributed by atoms with Gasteiger partial charge in [-0.15, -0.1) is 0 Å². The quantitative estimate of drug-likeness (QED) is 0.108. The summed E-state index contributed by atoms with van der Waals surface area (Å²) < 4.78 is 30.0. The smallest absolute Gasteiger partial charge is 0.331 e. The van der Waals surface area contributed by atoms with Crippen LogP contribution in [0.15, 0.2) is 48.2 Å². The van der Waals surface area contributed by atoms with Crippen molar-refractivity contribution in [3.8, 4) is 0 Å². The molecule has 0 saturated carbocycles. The van der Waals surface area contributed by atoms with Crippen LogP contribution in [0.25, 0.3) is 0 Å². The number of carbonyl (C=O) groups is 3. The molecule has 1 amide bonds. The zero-order valence-electron chi connectivity index (χ0n) is 35.8. The molecular weight excluding hydrogens is 718 g/mol. The van der Waals surface area contributed by atoms with Gasteiger partial charge in [-0.25, -0.2) is 4.79 Å². The summed E-state index contributed by atoms with van der Waals surface area (Å²) in [7, 11) is 6.46. The number of hydrogen-bond donors (Lipinski definition) is 3. The molecule has 0 radical (unpaired) electrons. The van der Waals surface area contributed by atoms with Crippen molar-refractivity contribution in [1.82, 2.24) is 4.90 Å². The van der Waals surface area contributed by atoms with Crippen molar-refractivity contribution >= 4 is 18.2 Å². The van der Waals surface area contributed by atoms with Gasteiger partial charge in [0, 0.05) is 95.9 Å². The van der Waals surface area contributed by atoms with E-state index >= 15 is 0 Å². The van der Waals surface area contributed by atoms with Crippen molar-refractivity contribution in [2.24, 2.45) is 35.5 Å². The van der Waals surface area contributed by atoms with Gasteiger partial charge in [0.2, 0.25) is 6.41 Å².